The lowest BCUT2D eigenvalue weighted by Crippen LogP contribution is -2.09. The Morgan fingerprint density at radius 1 is 1.41 bits per heavy atom. The fraction of sp³-hybridized carbons (Fsp3) is 0.167. The number of nitrogens with one attached hydrogen (secondary N) is 1. The summed E-state index contributed by atoms with van der Waals surface area (Å²) >= 11 is 0. The summed E-state index contributed by atoms with van der Waals surface area (Å²) in [6, 6.07) is 9.27. The minimum atomic E-state index is -1.12. The van der Waals surface area contributed by atoms with Crippen molar-refractivity contribution in [3.63, 3.8) is 0 Å². The Morgan fingerprint density at radius 2 is 2.12 bits per heavy atom. The number of nitrogens with zero attached hydrogens (tertiary/aromatic N) is 1. The molecule has 1 aromatic carbocycles. The van der Waals surface area contributed by atoms with Crippen LogP contribution in [0.25, 0.3) is 11.3 Å². The van der Waals surface area contributed by atoms with Gasteiger partial charge in [-0.3, -0.25) is 5.32 Å². The summed E-state index contributed by atoms with van der Waals surface area (Å²) in [4.78, 5) is 10.7. The van der Waals surface area contributed by atoms with Crippen molar-refractivity contribution < 1.29 is 14.4 Å². The van der Waals surface area contributed by atoms with Crippen molar-refractivity contribution in [1.82, 2.24) is 5.16 Å². The SMILES string of the molecule is CCc1noc(-c2ccccc2)c1NC(=O)O. The average Bonchev–Trinajstić information content (AvgIpc) is 2.72. The molecule has 0 aliphatic heterocycles. The standard InChI is InChI=1S/C12H12N2O3/c1-2-9-10(13-12(15)16)11(17-14-9)8-6-4-3-5-7-8/h3-7,13H,2H2,1H3,(H,15,16). The fourth-order valence-electron chi connectivity index (χ4n) is 1.59. The molecular formula is C12H12N2O3. The molecule has 0 saturated carbocycles. The molecule has 0 atom stereocenters. The topological polar surface area (TPSA) is 75.4 Å². The van der Waals surface area contributed by atoms with E-state index in [1.54, 1.807) is 0 Å². The number of aromatic nitrogens is 1. The Morgan fingerprint density at radius 3 is 2.71 bits per heavy atom. The first kappa shape index (κ1) is 11.2. The number of anilines is 1. The molecule has 17 heavy (non-hydrogen) atoms. The number of carboxylic acid groups (broad SMARTS) is 1. The maximum absolute atomic E-state index is 10.7. The first-order valence-electron chi connectivity index (χ1n) is 5.26. The van der Waals surface area contributed by atoms with Crippen LogP contribution >= 0.6 is 0 Å². The molecule has 1 amide bonds. The minimum absolute atomic E-state index is 0.422. The normalized spacial score (nSPS) is 10.2. The zero-order valence-corrected chi connectivity index (χ0v) is 9.30. The molecule has 0 aliphatic carbocycles. The molecule has 2 N–H and O–H groups in total. The monoisotopic (exact) mass is 232 g/mol. The van der Waals surface area contributed by atoms with Crippen molar-refractivity contribution in [2.75, 3.05) is 5.32 Å². The molecule has 1 heterocycles. The van der Waals surface area contributed by atoms with Gasteiger partial charge in [-0.05, 0) is 6.42 Å². The van der Waals surface area contributed by atoms with Crippen LogP contribution in [0.4, 0.5) is 10.5 Å². The van der Waals surface area contributed by atoms with Gasteiger partial charge in [-0.15, -0.1) is 0 Å². The summed E-state index contributed by atoms with van der Waals surface area (Å²) in [5, 5.41) is 15.0. The van der Waals surface area contributed by atoms with E-state index in [2.05, 4.69) is 10.5 Å². The van der Waals surface area contributed by atoms with Gasteiger partial charge in [-0.25, -0.2) is 4.79 Å². The van der Waals surface area contributed by atoms with Gasteiger partial charge >= 0.3 is 6.09 Å². The fourth-order valence-corrected chi connectivity index (χ4v) is 1.59. The van der Waals surface area contributed by atoms with Crippen molar-refractivity contribution in [2.45, 2.75) is 13.3 Å². The van der Waals surface area contributed by atoms with Gasteiger partial charge < -0.3 is 9.63 Å². The quantitative estimate of drug-likeness (QED) is 0.852. The summed E-state index contributed by atoms with van der Waals surface area (Å²) in [7, 11) is 0. The molecule has 5 heteroatoms. The summed E-state index contributed by atoms with van der Waals surface area (Å²) < 4.78 is 5.20. The number of carbonyl (C=O) groups is 1. The van der Waals surface area contributed by atoms with Crippen LogP contribution in [0.15, 0.2) is 34.9 Å². The molecule has 5 nitrogen and oxygen atoms in total. The van der Waals surface area contributed by atoms with Crippen molar-refractivity contribution in [1.29, 1.82) is 0 Å². The van der Waals surface area contributed by atoms with Crippen LogP contribution in [0.5, 0.6) is 0 Å². The second-order valence-corrected chi connectivity index (χ2v) is 3.48. The lowest BCUT2D eigenvalue weighted by Gasteiger charge is -2.02. The Hall–Kier alpha value is -2.30. The number of aryl methyl sites for hydroxylation is 1. The number of rotatable bonds is 3. The van der Waals surface area contributed by atoms with E-state index in [-0.39, 0.29) is 0 Å². The molecule has 0 unspecified atom stereocenters. The zero-order chi connectivity index (χ0) is 12.3. The second-order valence-electron chi connectivity index (χ2n) is 3.48. The van der Waals surface area contributed by atoms with E-state index < -0.39 is 6.09 Å². The summed E-state index contributed by atoms with van der Waals surface area (Å²) in [5.41, 5.74) is 1.82. The van der Waals surface area contributed by atoms with Crippen LogP contribution in [-0.2, 0) is 6.42 Å². The molecule has 0 bridgehead atoms. The van der Waals surface area contributed by atoms with E-state index in [9.17, 15) is 4.79 Å². The Balaban J connectivity index is 2.47. The zero-order valence-electron chi connectivity index (χ0n) is 9.30. The Bertz CT molecular complexity index is 520. The van der Waals surface area contributed by atoms with Gasteiger partial charge in [0.15, 0.2) is 5.76 Å². The Labute approximate surface area is 98.1 Å². The average molecular weight is 232 g/mol. The van der Waals surface area contributed by atoms with Crippen LogP contribution in [0, 0.1) is 0 Å². The van der Waals surface area contributed by atoms with Gasteiger partial charge in [0.05, 0.1) is 0 Å². The summed E-state index contributed by atoms with van der Waals surface area (Å²) in [6.45, 7) is 1.89. The van der Waals surface area contributed by atoms with Crippen LogP contribution in [0.2, 0.25) is 0 Å². The lowest BCUT2D eigenvalue weighted by molar-refractivity contribution is 0.209. The second kappa shape index (κ2) is 4.69. The lowest BCUT2D eigenvalue weighted by atomic mass is 10.1. The van der Waals surface area contributed by atoms with Gasteiger partial charge in [0.1, 0.15) is 11.4 Å². The molecule has 0 fully saturated rings. The molecule has 0 spiro atoms. The Kier molecular flexibility index (Phi) is 3.09. The smallest absolute Gasteiger partial charge is 0.409 e. The highest BCUT2D eigenvalue weighted by Crippen LogP contribution is 2.31. The van der Waals surface area contributed by atoms with Crippen molar-refractivity contribution in [3.05, 3.63) is 36.0 Å². The molecule has 0 radical (unpaired) electrons. The third kappa shape index (κ3) is 2.28. The highest BCUT2D eigenvalue weighted by Gasteiger charge is 2.17. The number of benzene rings is 1. The maximum atomic E-state index is 10.7. The van der Waals surface area contributed by atoms with Crippen LogP contribution < -0.4 is 5.32 Å². The highest BCUT2D eigenvalue weighted by atomic mass is 16.5. The van der Waals surface area contributed by atoms with Crippen molar-refractivity contribution >= 4 is 11.8 Å². The minimum Gasteiger partial charge on any atom is -0.465 e. The number of amides is 1. The van der Waals surface area contributed by atoms with Gasteiger partial charge in [0.2, 0.25) is 0 Å². The molecule has 1 aromatic heterocycles. The molecule has 2 aromatic rings. The highest BCUT2D eigenvalue weighted by molar-refractivity contribution is 5.89. The maximum Gasteiger partial charge on any atom is 0.409 e. The van der Waals surface area contributed by atoms with Gasteiger partial charge in [-0.1, -0.05) is 42.4 Å². The first-order chi connectivity index (χ1) is 8.22. The summed E-state index contributed by atoms with van der Waals surface area (Å²) in [6.07, 6.45) is -0.522. The number of hydrogen-bond acceptors (Lipinski definition) is 3. The van der Waals surface area contributed by atoms with Crippen LogP contribution in [-0.4, -0.2) is 16.4 Å². The van der Waals surface area contributed by atoms with E-state index in [4.69, 9.17) is 9.63 Å². The first-order valence-corrected chi connectivity index (χ1v) is 5.26. The van der Waals surface area contributed by atoms with E-state index in [1.807, 2.05) is 37.3 Å². The third-order valence-corrected chi connectivity index (χ3v) is 2.37. The van der Waals surface area contributed by atoms with Gasteiger partial charge in [-0.2, -0.15) is 0 Å². The predicted molar refractivity (Wildman–Crippen MR) is 63.0 cm³/mol. The summed E-state index contributed by atoms with van der Waals surface area (Å²) in [5.74, 6) is 0.449. The van der Waals surface area contributed by atoms with Gasteiger partial charge in [0.25, 0.3) is 0 Å². The van der Waals surface area contributed by atoms with E-state index in [0.717, 1.165) is 5.56 Å². The van der Waals surface area contributed by atoms with Crippen LogP contribution in [0.3, 0.4) is 0 Å². The van der Waals surface area contributed by atoms with Crippen LogP contribution in [0.1, 0.15) is 12.6 Å². The van der Waals surface area contributed by atoms with E-state index >= 15 is 0 Å². The van der Waals surface area contributed by atoms with Crippen molar-refractivity contribution in [2.24, 2.45) is 0 Å². The van der Waals surface area contributed by atoms with E-state index in [0.29, 0.717) is 23.6 Å². The molecule has 88 valence electrons. The molecule has 2 rings (SSSR count). The largest absolute Gasteiger partial charge is 0.465 e. The number of hydrogen-bond donors (Lipinski definition) is 2. The third-order valence-electron chi connectivity index (χ3n) is 2.37. The predicted octanol–water partition coefficient (Wildman–Crippen LogP) is 2.99. The van der Waals surface area contributed by atoms with Crippen molar-refractivity contribution in [3.8, 4) is 11.3 Å². The molecule has 0 saturated heterocycles. The molecule has 0 aliphatic rings. The van der Waals surface area contributed by atoms with E-state index in [1.165, 1.54) is 0 Å². The molecular weight excluding hydrogens is 220 g/mol. The van der Waals surface area contributed by atoms with Gasteiger partial charge in [0, 0.05) is 5.56 Å².